The number of ether oxygens (including phenoxy) is 1. The lowest BCUT2D eigenvalue weighted by atomic mass is 10.2. The minimum absolute atomic E-state index is 0.672. The minimum Gasteiger partial charge on any atom is -0.385 e. The van der Waals surface area contributed by atoms with Crippen molar-refractivity contribution in [2.45, 2.75) is 49.8 Å². The summed E-state index contributed by atoms with van der Waals surface area (Å²) in [6, 6.07) is 0.672. The fourth-order valence-electron chi connectivity index (χ4n) is 2.09. The van der Waals surface area contributed by atoms with E-state index < -0.39 is 0 Å². The first-order valence-corrected chi connectivity index (χ1v) is 7.19. The van der Waals surface area contributed by atoms with Crippen LogP contribution >= 0.6 is 11.8 Å². The highest BCUT2D eigenvalue weighted by molar-refractivity contribution is 7.99. The molecule has 1 saturated carbocycles. The van der Waals surface area contributed by atoms with Crippen LogP contribution in [0.15, 0.2) is 0 Å². The standard InChI is InChI=1S/C12H25NOS/c1-13-11(6-5-9-14-2)10-15-12-7-3-4-8-12/h11-13H,3-10H2,1-2H3. The van der Waals surface area contributed by atoms with Crippen molar-refractivity contribution in [3.63, 3.8) is 0 Å². The van der Waals surface area contributed by atoms with Gasteiger partial charge in [0.15, 0.2) is 0 Å². The maximum Gasteiger partial charge on any atom is 0.0462 e. The molecular formula is C12H25NOS. The molecule has 0 aromatic carbocycles. The monoisotopic (exact) mass is 231 g/mol. The third-order valence-corrected chi connectivity index (χ3v) is 4.68. The molecule has 1 fully saturated rings. The van der Waals surface area contributed by atoms with Crippen LogP contribution in [0, 0.1) is 0 Å². The summed E-state index contributed by atoms with van der Waals surface area (Å²) in [6.07, 6.45) is 8.20. The van der Waals surface area contributed by atoms with Crippen molar-refractivity contribution in [1.29, 1.82) is 0 Å². The minimum atomic E-state index is 0.672. The summed E-state index contributed by atoms with van der Waals surface area (Å²) in [5, 5.41) is 4.36. The average molecular weight is 231 g/mol. The number of rotatable bonds is 8. The summed E-state index contributed by atoms with van der Waals surface area (Å²) in [4.78, 5) is 0. The Bertz CT molecular complexity index is 149. The van der Waals surface area contributed by atoms with Gasteiger partial charge in [-0.05, 0) is 32.7 Å². The first-order chi connectivity index (χ1) is 7.36. The molecule has 2 nitrogen and oxygen atoms in total. The predicted octanol–water partition coefficient (Wildman–Crippen LogP) is 2.68. The summed E-state index contributed by atoms with van der Waals surface area (Å²) in [5.74, 6) is 1.27. The quantitative estimate of drug-likeness (QED) is 0.649. The van der Waals surface area contributed by atoms with E-state index in [0.29, 0.717) is 6.04 Å². The summed E-state index contributed by atoms with van der Waals surface area (Å²) in [7, 11) is 3.86. The molecule has 1 rings (SSSR count). The van der Waals surface area contributed by atoms with Gasteiger partial charge in [-0.25, -0.2) is 0 Å². The lowest BCUT2D eigenvalue weighted by molar-refractivity contribution is 0.190. The van der Waals surface area contributed by atoms with E-state index in [4.69, 9.17) is 4.74 Å². The fraction of sp³-hybridized carbons (Fsp3) is 1.00. The van der Waals surface area contributed by atoms with Gasteiger partial charge < -0.3 is 10.1 Å². The van der Waals surface area contributed by atoms with Crippen LogP contribution in [0.4, 0.5) is 0 Å². The van der Waals surface area contributed by atoms with E-state index in [0.717, 1.165) is 11.9 Å². The maximum atomic E-state index is 5.08. The molecule has 0 aliphatic heterocycles. The number of nitrogens with one attached hydrogen (secondary N) is 1. The Morgan fingerprint density at radius 3 is 2.73 bits per heavy atom. The molecule has 0 radical (unpaired) electrons. The van der Waals surface area contributed by atoms with Gasteiger partial charge in [-0.3, -0.25) is 0 Å². The molecule has 0 aromatic rings. The summed E-state index contributed by atoms with van der Waals surface area (Å²) in [5.41, 5.74) is 0. The highest BCUT2D eigenvalue weighted by atomic mass is 32.2. The highest BCUT2D eigenvalue weighted by Crippen LogP contribution is 2.29. The van der Waals surface area contributed by atoms with Crippen LogP contribution in [0.1, 0.15) is 38.5 Å². The zero-order chi connectivity index (χ0) is 10.9. The Morgan fingerprint density at radius 2 is 2.13 bits per heavy atom. The summed E-state index contributed by atoms with van der Waals surface area (Å²) < 4.78 is 5.08. The maximum absolute atomic E-state index is 5.08. The predicted molar refractivity (Wildman–Crippen MR) is 68.7 cm³/mol. The molecule has 1 aliphatic carbocycles. The molecule has 0 amide bonds. The van der Waals surface area contributed by atoms with Gasteiger partial charge in [0, 0.05) is 30.8 Å². The second kappa shape index (κ2) is 8.43. The molecule has 0 saturated heterocycles. The summed E-state index contributed by atoms with van der Waals surface area (Å²) >= 11 is 2.17. The van der Waals surface area contributed by atoms with Crippen LogP contribution in [0.25, 0.3) is 0 Å². The lowest BCUT2D eigenvalue weighted by Gasteiger charge is -2.17. The van der Waals surface area contributed by atoms with Crippen molar-refractivity contribution >= 4 is 11.8 Å². The molecule has 15 heavy (non-hydrogen) atoms. The van der Waals surface area contributed by atoms with Gasteiger partial charge in [-0.1, -0.05) is 12.8 Å². The first kappa shape index (κ1) is 13.3. The van der Waals surface area contributed by atoms with E-state index >= 15 is 0 Å². The van der Waals surface area contributed by atoms with Crippen molar-refractivity contribution in [2.75, 3.05) is 26.5 Å². The van der Waals surface area contributed by atoms with Crippen LogP contribution in [-0.2, 0) is 4.74 Å². The Morgan fingerprint density at radius 1 is 1.40 bits per heavy atom. The largest absolute Gasteiger partial charge is 0.385 e. The SMILES string of the molecule is CNC(CCCOC)CSC1CCCC1. The van der Waals surface area contributed by atoms with E-state index in [9.17, 15) is 0 Å². The van der Waals surface area contributed by atoms with Gasteiger partial charge in [0.1, 0.15) is 0 Å². The van der Waals surface area contributed by atoms with E-state index in [1.807, 2.05) is 0 Å². The van der Waals surface area contributed by atoms with Gasteiger partial charge in [0.25, 0.3) is 0 Å². The highest BCUT2D eigenvalue weighted by Gasteiger charge is 2.16. The molecule has 1 N–H and O–H groups in total. The average Bonchev–Trinajstić information content (AvgIpc) is 2.76. The van der Waals surface area contributed by atoms with Gasteiger partial charge in [-0.15, -0.1) is 0 Å². The molecule has 0 aromatic heterocycles. The van der Waals surface area contributed by atoms with Crippen LogP contribution in [0.5, 0.6) is 0 Å². The molecule has 0 heterocycles. The van der Waals surface area contributed by atoms with Crippen molar-refractivity contribution in [3.8, 4) is 0 Å². The Balaban J connectivity index is 2.04. The summed E-state index contributed by atoms with van der Waals surface area (Å²) in [6.45, 7) is 0.895. The van der Waals surface area contributed by atoms with E-state index in [1.165, 1.54) is 44.3 Å². The molecule has 1 aliphatic rings. The van der Waals surface area contributed by atoms with E-state index in [2.05, 4.69) is 24.1 Å². The van der Waals surface area contributed by atoms with Crippen LogP contribution < -0.4 is 5.32 Å². The zero-order valence-corrected chi connectivity index (χ0v) is 10.9. The molecule has 3 heteroatoms. The Hall–Kier alpha value is 0.270. The third kappa shape index (κ3) is 5.79. The van der Waals surface area contributed by atoms with Crippen molar-refractivity contribution in [1.82, 2.24) is 5.32 Å². The number of thioether (sulfide) groups is 1. The van der Waals surface area contributed by atoms with Crippen LogP contribution in [0.2, 0.25) is 0 Å². The van der Waals surface area contributed by atoms with Crippen LogP contribution in [0.3, 0.4) is 0 Å². The van der Waals surface area contributed by atoms with Gasteiger partial charge in [0.2, 0.25) is 0 Å². The van der Waals surface area contributed by atoms with Crippen molar-refractivity contribution in [2.24, 2.45) is 0 Å². The topological polar surface area (TPSA) is 21.3 Å². The number of methoxy groups -OCH3 is 1. The molecule has 90 valence electrons. The normalized spacial score (nSPS) is 19.6. The van der Waals surface area contributed by atoms with E-state index in [-0.39, 0.29) is 0 Å². The Labute approximate surface area is 98.5 Å². The van der Waals surface area contributed by atoms with E-state index in [1.54, 1.807) is 7.11 Å². The van der Waals surface area contributed by atoms with Gasteiger partial charge in [-0.2, -0.15) is 11.8 Å². The zero-order valence-electron chi connectivity index (χ0n) is 10.1. The van der Waals surface area contributed by atoms with Gasteiger partial charge in [0.05, 0.1) is 0 Å². The van der Waals surface area contributed by atoms with Crippen molar-refractivity contribution < 1.29 is 4.74 Å². The lowest BCUT2D eigenvalue weighted by Crippen LogP contribution is -2.28. The fourth-order valence-corrected chi connectivity index (χ4v) is 3.60. The molecule has 1 atom stereocenters. The second-order valence-corrected chi connectivity index (χ2v) is 5.69. The first-order valence-electron chi connectivity index (χ1n) is 6.14. The number of hydrogen-bond donors (Lipinski definition) is 1. The molecule has 1 unspecified atom stereocenters. The van der Waals surface area contributed by atoms with Gasteiger partial charge >= 0.3 is 0 Å². The van der Waals surface area contributed by atoms with Crippen LogP contribution in [-0.4, -0.2) is 37.8 Å². The molecule has 0 spiro atoms. The third-order valence-electron chi connectivity index (χ3n) is 3.14. The second-order valence-electron chi connectivity index (χ2n) is 4.36. The smallest absolute Gasteiger partial charge is 0.0462 e. The number of hydrogen-bond acceptors (Lipinski definition) is 3. The Kier molecular flexibility index (Phi) is 7.49. The molecular weight excluding hydrogens is 206 g/mol. The van der Waals surface area contributed by atoms with Crippen molar-refractivity contribution in [3.05, 3.63) is 0 Å². The molecule has 0 bridgehead atoms.